The van der Waals surface area contributed by atoms with E-state index in [0.717, 1.165) is 0 Å². The van der Waals surface area contributed by atoms with Crippen LogP contribution in [0.3, 0.4) is 0 Å². The van der Waals surface area contributed by atoms with Gasteiger partial charge in [0.2, 0.25) is 0 Å². The molecule has 0 bridgehead atoms. The average Bonchev–Trinajstić information content (AvgIpc) is 2.56. The second-order valence-electron chi connectivity index (χ2n) is 2.57. The summed E-state index contributed by atoms with van der Waals surface area (Å²) in [6.45, 7) is 0. The molecule has 0 fully saturated rings. The summed E-state index contributed by atoms with van der Waals surface area (Å²) in [6.07, 6.45) is 0. The summed E-state index contributed by atoms with van der Waals surface area (Å²) in [5.41, 5.74) is 5.35. The van der Waals surface area contributed by atoms with Crippen LogP contribution in [0, 0.1) is 5.82 Å². The predicted octanol–water partition coefficient (Wildman–Crippen LogP) is 2.11. The van der Waals surface area contributed by atoms with Gasteiger partial charge in [-0.2, -0.15) is 0 Å². The molecular weight excluding hydrogens is 209 g/mol. The maximum Gasteiger partial charge on any atom is 0.313 e. The van der Waals surface area contributed by atoms with Gasteiger partial charge in [-0.25, -0.2) is 4.39 Å². The molecule has 0 aliphatic rings. The maximum absolute atomic E-state index is 13.2. The maximum atomic E-state index is 13.2. The van der Waals surface area contributed by atoms with E-state index in [2.05, 4.69) is 10.2 Å². The van der Waals surface area contributed by atoms with Crippen molar-refractivity contribution in [3.63, 3.8) is 0 Å². The molecule has 0 unspecified atom stereocenters. The molecule has 14 heavy (non-hydrogen) atoms. The first kappa shape index (κ1) is 8.96. The number of aromatic nitrogens is 2. The molecular formula is C8H5ClFN3O. The molecule has 0 saturated heterocycles. The van der Waals surface area contributed by atoms with E-state index in [1.165, 1.54) is 18.2 Å². The van der Waals surface area contributed by atoms with Crippen LogP contribution in [0.15, 0.2) is 22.6 Å². The van der Waals surface area contributed by atoms with Crippen molar-refractivity contribution in [2.45, 2.75) is 0 Å². The largest absolute Gasteiger partial charge is 0.403 e. The molecule has 2 N–H and O–H groups in total. The fourth-order valence-corrected chi connectivity index (χ4v) is 1.18. The van der Waals surface area contributed by atoms with E-state index >= 15 is 0 Å². The van der Waals surface area contributed by atoms with E-state index in [1.807, 2.05) is 0 Å². The lowest BCUT2D eigenvalue weighted by Gasteiger charge is -1.97. The summed E-state index contributed by atoms with van der Waals surface area (Å²) in [5, 5.41) is 7.35. The van der Waals surface area contributed by atoms with E-state index in [4.69, 9.17) is 21.8 Å². The van der Waals surface area contributed by atoms with Gasteiger partial charge in [0, 0.05) is 5.02 Å². The Morgan fingerprint density at radius 2 is 2.14 bits per heavy atom. The van der Waals surface area contributed by atoms with Gasteiger partial charge in [-0.1, -0.05) is 16.7 Å². The highest BCUT2D eigenvalue weighted by molar-refractivity contribution is 6.30. The van der Waals surface area contributed by atoms with Gasteiger partial charge in [0.1, 0.15) is 5.82 Å². The fraction of sp³-hybridized carbons (Fsp3) is 0. The van der Waals surface area contributed by atoms with Crippen LogP contribution in [0.2, 0.25) is 5.02 Å². The Bertz CT molecular complexity index is 471. The average molecular weight is 214 g/mol. The monoisotopic (exact) mass is 213 g/mol. The van der Waals surface area contributed by atoms with Crippen LogP contribution < -0.4 is 5.73 Å². The van der Waals surface area contributed by atoms with Crippen molar-refractivity contribution in [1.82, 2.24) is 10.2 Å². The molecule has 0 amide bonds. The SMILES string of the molecule is Nc1nnc(-c2cc(Cl)ccc2F)o1. The summed E-state index contributed by atoms with van der Waals surface area (Å²) < 4.78 is 18.1. The third kappa shape index (κ3) is 1.54. The number of nitrogen functional groups attached to an aromatic ring is 1. The van der Waals surface area contributed by atoms with Gasteiger partial charge in [-0.05, 0) is 18.2 Å². The lowest BCUT2D eigenvalue weighted by Crippen LogP contribution is -1.84. The van der Waals surface area contributed by atoms with Crippen molar-refractivity contribution in [2.75, 3.05) is 5.73 Å². The first-order chi connectivity index (χ1) is 6.66. The summed E-state index contributed by atoms with van der Waals surface area (Å²) in [7, 11) is 0. The third-order valence-electron chi connectivity index (χ3n) is 1.60. The fourth-order valence-electron chi connectivity index (χ4n) is 1.00. The molecule has 1 aromatic carbocycles. The first-order valence-electron chi connectivity index (χ1n) is 3.71. The number of rotatable bonds is 1. The normalized spacial score (nSPS) is 10.4. The molecule has 0 spiro atoms. The van der Waals surface area contributed by atoms with Crippen molar-refractivity contribution in [1.29, 1.82) is 0 Å². The van der Waals surface area contributed by atoms with Crippen molar-refractivity contribution in [3.8, 4) is 11.5 Å². The quantitative estimate of drug-likeness (QED) is 0.788. The molecule has 0 saturated carbocycles. The second-order valence-corrected chi connectivity index (χ2v) is 3.01. The van der Waals surface area contributed by atoms with Gasteiger partial charge < -0.3 is 10.2 Å². The molecule has 0 atom stereocenters. The molecule has 1 aromatic heterocycles. The standard InChI is InChI=1S/C8H5ClFN3O/c9-4-1-2-6(10)5(3-4)7-12-13-8(11)14-7/h1-3H,(H2,11,13). The number of halogens is 2. The number of nitrogens with zero attached hydrogens (tertiary/aromatic N) is 2. The Morgan fingerprint density at radius 3 is 2.79 bits per heavy atom. The van der Waals surface area contributed by atoms with E-state index < -0.39 is 5.82 Å². The minimum absolute atomic E-state index is 0.0162. The van der Waals surface area contributed by atoms with Crippen LogP contribution in [-0.2, 0) is 0 Å². The summed E-state index contributed by atoms with van der Waals surface area (Å²) in [5.74, 6) is -0.472. The minimum atomic E-state index is -0.488. The first-order valence-corrected chi connectivity index (χ1v) is 4.09. The van der Waals surface area contributed by atoms with Crippen molar-refractivity contribution < 1.29 is 8.81 Å². The highest BCUT2D eigenvalue weighted by Crippen LogP contribution is 2.25. The van der Waals surface area contributed by atoms with Gasteiger partial charge in [0.15, 0.2) is 0 Å². The lowest BCUT2D eigenvalue weighted by atomic mass is 10.2. The Hall–Kier alpha value is -1.62. The molecule has 0 radical (unpaired) electrons. The van der Waals surface area contributed by atoms with E-state index in [1.54, 1.807) is 0 Å². The van der Waals surface area contributed by atoms with E-state index in [9.17, 15) is 4.39 Å². The summed E-state index contributed by atoms with van der Waals surface area (Å²) >= 11 is 5.69. The number of nitrogens with two attached hydrogens (primary N) is 1. The number of benzene rings is 1. The Balaban J connectivity index is 2.55. The lowest BCUT2D eigenvalue weighted by molar-refractivity contribution is 0.575. The van der Waals surface area contributed by atoms with Gasteiger partial charge in [-0.15, -0.1) is 5.10 Å². The molecule has 0 aliphatic heterocycles. The zero-order chi connectivity index (χ0) is 10.1. The molecule has 1 heterocycles. The van der Waals surface area contributed by atoms with Crippen molar-refractivity contribution in [2.24, 2.45) is 0 Å². The highest BCUT2D eigenvalue weighted by atomic mass is 35.5. The molecule has 2 aromatic rings. The van der Waals surface area contributed by atoms with Crippen LogP contribution in [0.4, 0.5) is 10.4 Å². The number of anilines is 1. The van der Waals surface area contributed by atoms with Crippen LogP contribution >= 0.6 is 11.6 Å². The highest BCUT2D eigenvalue weighted by Gasteiger charge is 2.11. The van der Waals surface area contributed by atoms with E-state index in [-0.39, 0.29) is 17.5 Å². The zero-order valence-corrected chi connectivity index (χ0v) is 7.62. The van der Waals surface area contributed by atoms with Crippen LogP contribution in [0.25, 0.3) is 11.5 Å². The third-order valence-corrected chi connectivity index (χ3v) is 1.83. The van der Waals surface area contributed by atoms with Gasteiger partial charge >= 0.3 is 6.01 Å². The summed E-state index contributed by atoms with van der Waals surface area (Å²) in [6, 6.07) is 3.93. The van der Waals surface area contributed by atoms with Crippen LogP contribution in [0.1, 0.15) is 0 Å². The Labute approximate surface area is 83.5 Å². The van der Waals surface area contributed by atoms with Crippen LogP contribution in [0.5, 0.6) is 0 Å². The molecule has 0 aliphatic carbocycles. The molecule has 2 rings (SSSR count). The molecule has 6 heteroatoms. The topological polar surface area (TPSA) is 64.9 Å². The second kappa shape index (κ2) is 3.26. The predicted molar refractivity (Wildman–Crippen MR) is 49.1 cm³/mol. The zero-order valence-electron chi connectivity index (χ0n) is 6.87. The summed E-state index contributed by atoms with van der Waals surface area (Å²) in [4.78, 5) is 0. The smallest absolute Gasteiger partial charge is 0.313 e. The number of hydrogen-bond donors (Lipinski definition) is 1. The van der Waals surface area contributed by atoms with E-state index in [0.29, 0.717) is 5.02 Å². The Morgan fingerprint density at radius 1 is 1.36 bits per heavy atom. The molecule has 72 valence electrons. The van der Waals surface area contributed by atoms with Gasteiger partial charge in [0.25, 0.3) is 5.89 Å². The van der Waals surface area contributed by atoms with Gasteiger partial charge in [-0.3, -0.25) is 0 Å². The number of hydrogen-bond acceptors (Lipinski definition) is 4. The Kier molecular flexibility index (Phi) is 2.09. The van der Waals surface area contributed by atoms with Crippen molar-refractivity contribution >= 4 is 17.6 Å². The van der Waals surface area contributed by atoms with Crippen molar-refractivity contribution in [3.05, 3.63) is 29.0 Å². The van der Waals surface area contributed by atoms with Gasteiger partial charge in [0.05, 0.1) is 5.56 Å². The molecule has 4 nitrogen and oxygen atoms in total. The minimum Gasteiger partial charge on any atom is -0.403 e. The van der Waals surface area contributed by atoms with Crippen LogP contribution in [-0.4, -0.2) is 10.2 Å².